The number of thiophene rings is 2. The molecule has 1 aromatic carbocycles. The van der Waals surface area contributed by atoms with Crippen molar-refractivity contribution in [3.8, 4) is 5.75 Å². The predicted octanol–water partition coefficient (Wildman–Crippen LogP) is 6.45. The Morgan fingerprint density at radius 3 is 2.36 bits per heavy atom. The highest BCUT2D eigenvalue weighted by molar-refractivity contribution is 7.10. The summed E-state index contributed by atoms with van der Waals surface area (Å²) in [5.41, 5.74) is 6.98. The van der Waals surface area contributed by atoms with E-state index < -0.39 is 0 Å². The minimum Gasteiger partial charge on any atom is -0.508 e. The number of benzene rings is 1. The summed E-state index contributed by atoms with van der Waals surface area (Å²) < 4.78 is 0. The van der Waals surface area contributed by atoms with E-state index in [-0.39, 0.29) is 0 Å². The SMILES string of the molecule is Cc1ccsc1CN1C2CCC1CC(=C(c1ccc(O)cc1)c1ccsc1)C2. The number of aromatic hydroxyl groups is 1. The summed E-state index contributed by atoms with van der Waals surface area (Å²) in [5.74, 6) is 0.333. The topological polar surface area (TPSA) is 23.5 Å². The molecule has 4 heterocycles. The van der Waals surface area contributed by atoms with Crippen LogP contribution in [-0.4, -0.2) is 22.1 Å². The molecule has 0 radical (unpaired) electrons. The number of phenols is 1. The van der Waals surface area contributed by atoms with E-state index in [1.807, 2.05) is 23.5 Å². The van der Waals surface area contributed by atoms with E-state index in [1.165, 1.54) is 40.0 Å². The Kier molecular flexibility index (Phi) is 4.87. The highest BCUT2D eigenvalue weighted by Gasteiger charge is 2.39. The summed E-state index contributed by atoms with van der Waals surface area (Å²) in [4.78, 5) is 4.30. The average Bonchev–Trinajstić information content (AvgIpc) is 3.40. The Morgan fingerprint density at radius 1 is 1.00 bits per heavy atom. The van der Waals surface area contributed by atoms with Gasteiger partial charge in [0.2, 0.25) is 0 Å². The van der Waals surface area contributed by atoms with Crippen molar-refractivity contribution in [2.75, 3.05) is 0 Å². The van der Waals surface area contributed by atoms with Crippen molar-refractivity contribution < 1.29 is 5.11 Å². The molecule has 5 rings (SSSR count). The fourth-order valence-electron chi connectivity index (χ4n) is 4.91. The van der Waals surface area contributed by atoms with Gasteiger partial charge in [-0.2, -0.15) is 11.3 Å². The van der Waals surface area contributed by atoms with Crippen LogP contribution in [0.15, 0.2) is 58.1 Å². The first-order chi connectivity index (χ1) is 13.7. The van der Waals surface area contributed by atoms with Crippen LogP contribution in [0.4, 0.5) is 0 Å². The van der Waals surface area contributed by atoms with Crippen LogP contribution >= 0.6 is 22.7 Å². The average molecular weight is 408 g/mol. The summed E-state index contributed by atoms with van der Waals surface area (Å²) in [7, 11) is 0. The van der Waals surface area contributed by atoms with Crippen molar-refractivity contribution in [3.63, 3.8) is 0 Å². The smallest absolute Gasteiger partial charge is 0.115 e. The lowest BCUT2D eigenvalue weighted by atomic mass is 9.86. The van der Waals surface area contributed by atoms with Gasteiger partial charge in [-0.15, -0.1) is 11.3 Å². The van der Waals surface area contributed by atoms with Gasteiger partial charge in [-0.3, -0.25) is 4.90 Å². The summed E-state index contributed by atoms with van der Waals surface area (Å²) in [5, 5.41) is 16.4. The Bertz CT molecular complexity index is 968. The number of rotatable bonds is 4. The van der Waals surface area contributed by atoms with Crippen LogP contribution < -0.4 is 0 Å². The molecule has 0 amide bonds. The number of nitrogens with zero attached hydrogens (tertiary/aromatic N) is 1. The van der Waals surface area contributed by atoms with E-state index in [9.17, 15) is 5.11 Å². The molecule has 0 aliphatic carbocycles. The normalized spacial score (nSPS) is 22.0. The number of aryl methyl sites for hydroxylation is 1. The lowest BCUT2D eigenvalue weighted by Gasteiger charge is -2.37. The zero-order valence-corrected chi connectivity index (χ0v) is 17.7. The maximum atomic E-state index is 9.73. The van der Waals surface area contributed by atoms with Gasteiger partial charge in [-0.05, 0) is 95.3 Å². The minimum absolute atomic E-state index is 0.333. The molecule has 2 saturated heterocycles. The standard InChI is InChI=1S/C24H25NOS2/c1-16-8-11-28-23(16)14-25-20-4-5-21(25)13-19(12-20)24(18-9-10-27-15-18)17-2-6-22(26)7-3-17/h2-3,6-11,15,20-21,26H,4-5,12-14H2,1H3. The van der Waals surface area contributed by atoms with Crippen molar-refractivity contribution >= 4 is 28.2 Å². The minimum atomic E-state index is 0.333. The van der Waals surface area contributed by atoms with Crippen LogP contribution in [0, 0.1) is 6.92 Å². The summed E-state index contributed by atoms with van der Waals surface area (Å²) >= 11 is 3.66. The third-order valence-corrected chi connectivity index (χ3v) is 8.04. The van der Waals surface area contributed by atoms with Gasteiger partial charge in [-0.25, -0.2) is 0 Å². The second-order valence-corrected chi connectivity index (χ2v) is 9.81. The van der Waals surface area contributed by atoms with Gasteiger partial charge in [0.15, 0.2) is 0 Å². The third kappa shape index (κ3) is 3.34. The van der Waals surface area contributed by atoms with E-state index in [1.54, 1.807) is 16.9 Å². The zero-order valence-electron chi connectivity index (χ0n) is 16.1. The quantitative estimate of drug-likeness (QED) is 0.537. The van der Waals surface area contributed by atoms with Gasteiger partial charge < -0.3 is 5.11 Å². The molecule has 4 heteroatoms. The van der Waals surface area contributed by atoms with Crippen LogP contribution in [0.3, 0.4) is 0 Å². The van der Waals surface area contributed by atoms with E-state index in [4.69, 9.17) is 0 Å². The molecule has 2 fully saturated rings. The molecule has 0 saturated carbocycles. The molecular formula is C24H25NOS2. The van der Waals surface area contributed by atoms with Gasteiger partial charge in [0.25, 0.3) is 0 Å². The van der Waals surface area contributed by atoms with Gasteiger partial charge in [-0.1, -0.05) is 17.7 Å². The second-order valence-electron chi connectivity index (χ2n) is 8.03. The van der Waals surface area contributed by atoms with Crippen LogP contribution in [0.2, 0.25) is 0 Å². The van der Waals surface area contributed by atoms with E-state index in [2.05, 4.69) is 52.2 Å². The Morgan fingerprint density at radius 2 is 1.75 bits per heavy atom. The van der Waals surface area contributed by atoms with Crippen LogP contribution in [0.5, 0.6) is 5.75 Å². The van der Waals surface area contributed by atoms with Gasteiger partial charge in [0.05, 0.1) is 0 Å². The lowest BCUT2D eigenvalue weighted by Crippen LogP contribution is -2.40. The van der Waals surface area contributed by atoms with Gasteiger partial charge in [0, 0.05) is 23.5 Å². The molecule has 28 heavy (non-hydrogen) atoms. The molecule has 2 atom stereocenters. The van der Waals surface area contributed by atoms with Crippen LogP contribution in [0.25, 0.3) is 5.57 Å². The first-order valence-corrected chi connectivity index (χ1v) is 11.8. The molecule has 144 valence electrons. The van der Waals surface area contributed by atoms with Crippen molar-refractivity contribution in [3.05, 3.63) is 79.7 Å². The monoisotopic (exact) mass is 407 g/mol. The Balaban J connectivity index is 1.49. The summed E-state index contributed by atoms with van der Waals surface area (Å²) in [6, 6.07) is 13.6. The lowest BCUT2D eigenvalue weighted by molar-refractivity contribution is 0.159. The molecular weight excluding hydrogens is 382 g/mol. The largest absolute Gasteiger partial charge is 0.508 e. The fourth-order valence-corrected chi connectivity index (χ4v) is 6.47. The van der Waals surface area contributed by atoms with Gasteiger partial charge in [0.1, 0.15) is 5.75 Å². The molecule has 0 spiro atoms. The van der Waals surface area contributed by atoms with Crippen molar-refractivity contribution in [2.45, 2.75) is 51.2 Å². The highest BCUT2D eigenvalue weighted by Crippen LogP contribution is 2.44. The summed E-state index contributed by atoms with van der Waals surface area (Å²) in [6.45, 7) is 3.35. The molecule has 2 bridgehead atoms. The highest BCUT2D eigenvalue weighted by atomic mass is 32.1. The number of piperidine rings is 1. The molecule has 2 aliphatic rings. The van der Waals surface area contributed by atoms with Crippen molar-refractivity contribution in [1.82, 2.24) is 4.90 Å². The zero-order chi connectivity index (χ0) is 19.1. The van der Waals surface area contributed by atoms with E-state index >= 15 is 0 Å². The van der Waals surface area contributed by atoms with Crippen molar-refractivity contribution in [1.29, 1.82) is 0 Å². The Hall–Kier alpha value is -1.88. The molecule has 2 nitrogen and oxygen atoms in total. The van der Waals surface area contributed by atoms with E-state index in [0.29, 0.717) is 17.8 Å². The van der Waals surface area contributed by atoms with Crippen LogP contribution in [-0.2, 0) is 6.54 Å². The van der Waals surface area contributed by atoms with Gasteiger partial charge >= 0.3 is 0 Å². The predicted molar refractivity (Wildman–Crippen MR) is 119 cm³/mol. The second kappa shape index (κ2) is 7.51. The maximum Gasteiger partial charge on any atom is 0.115 e. The number of phenolic OH excluding ortho intramolecular Hbond substituents is 1. The number of hydrogen-bond acceptors (Lipinski definition) is 4. The number of fused-ring (bicyclic) bond motifs is 2. The molecule has 1 N–H and O–H groups in total. The first kappa shape index (κ1) is 18.2. The first-order valence-electron chi connectivity index (χ1n) is 10.0. The van der Waals surface area contributed by atoms with Crippen LogP contribution in [0.1, 0.15) is 47.3 Å². The maximum absolute atomic E-state index is 9.73. The fraction of sp³-hybridized carbons (Fsp3) is 0.333. The molecule has 2 aromatic heterocycles. The molecule has 2 aliphatic heterocycles. The third-order valence-electron chi connectivity index (χ3n) is 6.35. The number of hydrogen-bond donors (Lipinski definition) is 1. The Labute approximate surface area is 174 Å². The summed E-state index contributed by atoms with van der Waals surface area (Å²) in [6.07, 6.45) is 4.94. The van der Waals surface area contributed by atoms with E-state index in [0.717, 1.165) is 19.4 Å². The molecule has 3 aromatic rings. The molecule has 2 unspecified atom stereocenters. The van der Waals surface area contributed by atoms with Crippen molar-refractivity contribution in [2.24, 2.45) is 0 Å².